The number of nitrogens with zero attached hydrogens (tertiary/aromatic N) is 4. The maximum Gasteiger partial charge on any atom is 0.298 e. The van der Waals surface area contributed by atoms with E-state index in [9.17, 15) is 10.1 Å². The largest absolute Gasteiger partial charge is 0.496 e. The first-order valence-electron chi connectivity index (χ1n) is 5.61. The average molecular weight is 263 g/mol. The van der Waals surface area contributed by atoms with Crippen LogP contribution in [-0.4, -0.2) is 27.0 Å². The lowest BCUT2D eigenvalue weighted by molar-refractivity contribution is -0.384. The van der Waals surface area contributed by atoms with Crippen LogP contribution in [0.25, 0.3) is 5.69 Å². The lowest BCUT2D eigenvalue weighted by Gasteiger charge is -2.07. The van der Waals surface area contributed by atoms with Gasteiger partial charge < -0.3 is 10.5 Å². The van der Waals surface area contributed by atoms with E-state index in [1.165, 1.54) is 17.9 Å². The number of nitro benzene ring substituents is 1. The minimum absolute atomic E-state index is 0.112. The van der Waals surface area contributed by atoms with E-state index in [-0.39, 0.29) is 11.5 Å². The van der Waals surface area contributed by atoms with Crippen molar-refractivity contribution in [2.24, 2.45) is 0 Å². The Morgan fingerprint density at radius 3 is 2.84 bits per heavy atom. The monoisotopic (exact) mass is 263 g/mol. The van der Waals surface area contributed by atoms with Gasteiger partial charge in [0.15, 0.2) is 5.82 Å². The van der Waals surface area contributed by atoms with Crippen molar-refractivity contribution in [2.45, 2.75) is 13.3 Å². The number of rotatable bonds is 4. The molecule has 2 aromatic rings. The Bertz CT molecular complexity index is 623. The van der Waals surface area contributed by atoms with Crippen LogP contribution in [0, 0.1) is 10.1 Å². The Hall–Kier alpha value is -2.64. The van der Waals surface area contributed by atoms with Gasteiger partial charge in [-0.1, -0.05) is 12.1 Å². The summed E-state index contributed by atoms with van der Waals surface area (Å²) in [5.41, 5.74) is 6.51. The van der Waals surface area contributed by atoms with Crippen molar-refractivity contribution in [3.8, 4) is 11.4 Å². The van der Waals surface area contributed by atoms with E-state index in [1.807, 2.05) is 6.92 Å². The molecule has 1 aromatic heterocycles. The molecule has 0 atom stereocenters. The summed E-state index contributed by atoms with van der Waals surface area (Å²) in [5, 5.41) is 18.7. The number of benzene rings is 1. The van der Waals surface area contributed by atoms with Gasteiger partial charge in [-0.3, -0.25) is 10.1 Å². The Morgan fingerprint density at radius 2 is 2.26 bits per heavy atom. The molecule has 0 unspecified atom stereocenters. The molecule has 0 saturated carbocycles. The van der Waals surface area contributed by atoms with Gasteiger partial charge in [-0.05, 0) is 18.6 Å². The van der Waals surface area contributed by atoms with E-state index >= 15 is 0 Å². The molecular weight excluding hydrogens is 250 g/mol. The highest BCUT2D eigenvalue weighted by atomic mass is 16.6. The van der Waals surface area contributed by atoms with E-state index in [1.54, 1.807) is 12.1 Å². The average Bonchev–Trinajstić information content (AvgIpc) is 2.78. The number of nitrogen functional groups attached to an aromatic ring is 1. The second kappa shape index (κ2) is 4.92. The molecule has 0 radical (unpaired) electrons. The van der Waals surface area contributed by atoms with Gasteiger partial charge in [-0.2, -0.15) is 0 Å². The molecule has 0 fully saturated rings. The molecule has 0 aliphatic heterocycles. The van der Waals surface area contributed by atoms with Gasteiger partial charge in [-0.25, -0.2) is 4.68 Å². The molecule has 1 heterocycles. The number of aromatic nitrogens is 3. The van der Waals surface area contributed by atoms with E-state index < -0.39 is 4.92 Å². The third kappa shape index (κ3) is 2.19. The first-order valence-corrected chi connectivity index (χ1v) is 5.61. The van der Waals surface area contributed by atoms with Crippen LogP contribution in [0.15, 0.2) is 18.2 Å². The first kappa shape index (κ1) is 12.8. The Balaban J connectivity index is 2.64. The number of nitro groups is 1. The van der Waals surface area contributed by atoms with Gasteiger partial charge in [0.05, 0.1) is 23.8 Å². The third-order valence-electron chi connectivity index (χ3n) is 2.74. The summed E-state index contributed by atoms with van der Waals surface area (Å²) in [7, 11) is 1.45. The summed E-state index contributed by atoms with van der Waals surface area (Å²) in [6.45, 7) is 1.88. The van der Waals surface area contributed by atoms with Crippen molar-refractivity contribution in [2.75, 3.05) is 12.8 Å². The summed E-state index contributed by atoms with van der Waals surface area (Å²) >= 11 is 0. The zero-order valence-corrected chi connectivity index (χ0v) is 10.5. The van der Waals surface area contributed by atoms with Crippen LogP contribution in [0.1, 0.15) is 12.6 Å². The van der Waals surface area contributed by atoms with Crippen LogP contribution >= 0.6 is 0 Å². The number of methoxy groups -OCH3 is 1. The fourth-order valence-electron chi connectivity index (χ4n) is 1.79. The SMILES string of the molecule is CCc1c(N)nnn1-c1ccc(OC)cc1[N+](=O)[O-]. The molecule has 0 aliphatic carbocycles. The first-order chi connectivity index (χ1) is 9.08. The van der Waals surface area contributed by atoms with Crippen molar-refractivity contribution in [3.05, 3.63) is 34.0 Å². The van der Waals surface area contributed by atoms with E-state index in [0.717, 1.165) is 0 Å². The minimum Gasteiger partial charge on any atom is -0.496 e. The van der Waals surface area contributed by atoms with Crippen molar-refractivity contribution < 1.29 is 9.66 Å². The predicted molar refractivity (Wildman–Crippen MR) is 68.4 cm³/mol. The minimum atomic E-state index is -0.491. The standard InChI is InChI=1S/C11H13N5O3/c1-3-8-11(12)13-14-15(8)9-5-4-7(19-2)6-10(9)16(17)18/h4-6H,3,12H2,1-2H3. The number of hydrogen-bond donors (Lipinski definition) is 1. The topological polar surface area (TPSA) is 109 Å². The normalized spacial score (nSPS) is 10.4. The van der Waals surface area contributed by atoms with Gasteiger partial charge in [-0.15, -0.1) is 5.10 Å². The molecule has 8 heteroatoms. The fourth-order valence-corrected chi connectivity index (χ4v) is 1.79. The number of hydrogen-bond acceptors (Lipinski definition) is 6. The summed E-state index contributed by atoms with van der Waals surface area (Å²) in [6.07, 6.45) is 0.571. The van der Waals surface area contributed by atoms with Crippen LogP contribution in [0.2, 0.25) is 0 Å². The molecule has 8 nitrogen and oxygen atoms in total. The molecule has 0 spiro atoms. The highest BCUT2D eigenvalue weighted by Crippen LogP contribution is 2.28. The molecule has 0 saturated heterocycles. The van der Waals surface area contributed by atoms with Gasteiger partial charge in [0, 0.05) is 0 Å². The highest BCUT2D eigenvalue weighted by Gasteiger charge is 2.20. The van der Waals surface area contributed by atoms with Crippen LogP contribution in [0.3, 0.4) is 0 Å². The molecule has 19 heavy (non-hydrogen) atoms. The highest BCUT2D eigenvalue weighted by molar-refractivity contribution is 5.57. The molecule has 1 aromatic carbocycles. The van der Waals surface area contributed by atoms with E-state index in [2.05, 4.69) is 10.3 Å². The molecular formula is C11H13N5O3. The smallest absolute Gasteiger partial charge is 0.298 e. The molecule has 0 amide bonds. The zero-order valence-electron chi connectivity index (χ0n) is 10.5. The second-order valence-corrected chi connectivity index (χ2v) is 3.80. The van der Waals surface area contributed by atoms with Crippen molar-refractivity contribution >= 4 is 11.5 Å². The molecule has 0 bridgehead atoms. The second-order valence-electron chi connectivity index (χ2n) is 3.80. The van der Waals surface area contributed by atoms with Crippen LogP contribution in [0.5, 0.6) is 5.75 Å². The maximum atomic E-state index is 11.1. The predicted octanol–water partition coefficient (Wildman–Crippen LogP) is 1.33. The van der Waals surface area contributed by atoms with Crippen molar-refractivity contribution in [1.82, 2.24) is 15.0 Å². The van der Waals surface area contributed by atoms with E-state index in [4.69, 9.17) is 10.5 Å². The molecule has 2 rings (SSSR count). The van der Waals surface area contributed by atoms with Gasteiger partial charge >= 0.3 is 0 Å². The molecule has 0 aliphatic rings. The number of anilines is 1. The molecule has 100 valence electrons. The summed E-state index contributed by atoms with van der Waals surface area (Å²) in [5.74, 6) is 0.675. The Kier molecular flexibility index (Phi) is 3.32. The number of nitrogens with two attached hydrogens (primary N) is 1. The Labute approximate surface area is 108 Å². The quantitative estimate of drug-likeness (QED) is 0.658. The van der Waals surface area contributed by atoms with Crippen LogP contribution < -0.4 is 10.5 Å². The summed E-state index contributed by atoms with van der Waals surface area (Å²) in [4.78, 5) is 10.6. The van der Waals surface area contributed by atoms with Gasteiger partial charge in [0.1, 0.15) is 11.4 Å². The fraction of sp³-hybridized carbons (Fsp3) is 0.273. The van der Waals surface area contributed by atoms with E-state index in [0.29, 0.717) is 23.6 Å². The Morgan fingerprint density at radius 1 is 1.53 bits per heavy atom. The lowest BCUT2D eigenvalue weighted by Crippen LogP contribution is -2.06. The van der Waals surface area contributed by atoms with Crippen molar-refractivity contribution in [3.63, 3.8) is 0 Å². The molecule has 2 N–H and O–H groups in total. The number of ether oxygens (including phenoxy) is 1. The zero-order chi connectivity index (χ0) is 14.0. The third-order valence-corrected chi connectivity index (χ3v) is 2.74. The van der Waals surface area contributed by atoms with Crippen molar-refractivity contribution in [1.29, 1.82) is 0 Å². The summed E-state index contributed by atoms with van der Waals surface area (Å²) < 4.78 is 6.37. The van der Waals surface area contributed by atoms with Crippen LogP contribution in [-0.2, 0) is 6.42 Å². The lowest BCUT2D eigenvalue weighted by atomic mass is 10.2. The van der Waals surface area contributed by atoms with Gasteiger partial charge in [0.25, 0.3) is 5.69 Å². The maximum absolute atomic E-state index is 11.1. The van der Waals surface area contributed by atoms with Gasteiger partial charge in [0.2, 0.25) is 0 Å². The summed E-state index contributed by atoms with van der Waals surface area (Å²) in [6, 6.07) is 4.52. The van der Waals surface area contributed by atoms with Crippen LogP contribution in [0.4, 0.5) is 11.5 Å².